The van der Waals surface area contributed by atoms with E-state index in [1.807, 2.05) is 23.5 Å². The average Bonchev–Trinajstić information content (AvgIpc) is 3.85. The second kappa shape index (κ2) is 13.1. The Bertz CT molecular complexity index is 3460. The van der Waals surface area contributed by atoms with Crippen molar-refractivity contribution in [3.05, 3.63) is 206 Å². The van der Waals surface area contributed by atoms with Crippen molar-refractivity contribution in [3.8, 4) is 0 Å². The van der Waals surface area contributed by atoms with Crippen LogP contribution in [0.25, 0.3) is 74.4 Å². The fourth-order valence-corrected chi connectivity index (χ4v) is 10.1. The summed E-state index contributed by atoms with van der Waals surface area (Å²) in [4.78, 5) is 4.72. The van der Waals surface area contributed by atoms with Crippen LogP contribution >= 0.6 is 11.3 Å². The molecule has 0 bridgehead atoms. The first kappa shape index (κ1) is 32.8. The van der Waals surface area contributed by atoms with Gasteiger partial charge in [-0.05, 0) is 117 Å². The van der Waals surface area contributed by atoms with Gasteiger partial charge in [-0.1, -0.05) is 115 Å². The van der Waals surface area contributed by atoms with Crippen LogP contribution in [0.5, 0.6) is 0 Å². The lowest BCUT2D eigenvalue weighted by Gasteiger charge is -2.26. The summed E-state index contributed by atoms with van der Waals surface area (Å²) in [6, 6.07) is 74.5. The first-order valence-electron chi connectivity index (χ1n) is 19.7. The lowest BCUT2D eigenvalue weighted by molar-refractivity contribution is 0.669. The van der Waals surface area contributed by atoms with Gasteiger partial charge in [0, 0.05) is 71.1 Å². The van der Waals surface area contributed by atoms with Crippen LogP contribution in [-0.4, -0.2) is 0 Å². The summed E-state index contributed by atoms with van der Waals surface area (Å²) in [6.45, 7) is 0. The monoisotopic (exact) mass is 758 g/mol. The topological polar surface area (TPSA) is 19.6 Å². The van der Waals surface area contributed by atoms with E-state index >= 15 is 0 Å². The van der Waals surface area contributed by atoms with Crippen LogP contribution in [0.4, 0.5) is 34.1 Å². The molecule has 0 unspecified atom stereocenters. The van der Waals surface area contributed by atoms with E-state index in [9.17, 15) is 0 Å². The standard InChI is InChI=1S/C54H34N2OS/c1-3-13-35(14-4-1)55(36-15-5-2-6-16-36)38-26-30-53-50(32-38)48-29-25-40(34-54(48)58-53)56(39-24-28-47-46-21-11-12-22-51(46)57-52(47)33-39)37-23-27-45-43-19-8-7-17-41(43)42-18-9-10-20-44(42)49(45)31-37/h1-34H. The molecule has 0 saturated heterocycles. The highest BCUT2D eigenvalue weighted by Gasteiger charge is 2.20. The minimum Gasteiger partial charge on any atom is -0.456 e. The fourth-order valence-electron chi connectivity index (χ4n) is 8.97. The van der Waals surface area contributed by atoms with Crippen molar-refractivity contribution in [2.75, 3.05) is 9.80 Å². The maximum Gasteiger partial charge on any atom is 0.137 e. The Balaban J connectivity index is 1.05. The van der Waals surface area contributed by atoms with Gasteiger partial charge in [0.2, 0.25) is 0 Å². The molecule has 2 aromatic heterocycles. The summed E-state index contributed by atoms with van der Waals surface area (Å²) in [6.07, 6.45) is 0. The van der Waals surface area contributed by atoms with E-state index in [-0.39, 0.29) is 0 Å². The zero-order chi connectivity index (χ0) is 38.2. The Kier molecular flexibility index (Phi) is 7.40. The van der Waals surface area contributed by atoms with Crippen molar-refractivity contribution in [1.82, 2.24) is 0 Å². The van der Waals surface area contributed by atoms with E-state index in [1.165, 1.54) is 52.5 Å². The maximum absolute atomic E-state index is 6.47. The summed E-state index contributed by atoms with van der Waals surface area (Å²) in [7, 11) is 0. The van der Waals surface area contributed by atoms with Crippen LogP contribution < -0.4 is 9.80 Å². The van der Waals surface area contributed by atoms with E-state index in [0.717, 1.165) is 56.1 Å². The third-order valence-electron chi connectivity index (χ3n) is 11.6. The molecule has 0 radical (unpaired) electrons. The molecule has 0 N–H and O–H groups in total. The highest BCUT2D eigenvalue weighted by Crippen LogP contribution is 2.46. The smallest absolute Gasteiger partial charge is 0.137 e. The van der Waals surface area contributed by atoms with Crippen LogP contribution in [0.1, 0.15) is 0 Å². The number of hydrogen-bond acceptors (Lipinski definition) is 4. The minimum atomic E-state index is 0.873. The number of furan rings is 1. The molecule has 0 aliphatic carbocycles. The number of rotatable bonds is 6. The molecule has 3 nitrogen and oxygen atoms in total. The third kappa shape index (κ3) is 5.19. The molecule has 0 atom stereocenters. The summed E-state index contributed by atoms with van der Waals surface area (Å²) >= 11 is 1.84. The number of benzene rings is 10. The summed E-state index contributed by atoms with van der Waals surface area (Å²) < 4.78 is 8.97. The van der Waals surface area contributed by atoms with Crippen molar-refractivity contribution in [3.63, 3.8) is 0 Å². The van der Waals surface area contributed by atoms with Gasteiger partial charge in [0.25, 0.3) is 0 Å². The lowest BCUT2D eigenvalue weighted by atomic mass is 9.94. The van der Waals surface area contributed by atoms with Gasteiger partial charge >= 0.3 is 0 Å². The molecule has 0 saturated carbocycles. The molecule has 10 aromatic carbocycles. The summed E-state index contributed by atoms with van der Waals surface area (Å²) in [5, 5.41) is 12.3. The van der Waals surface area contributed by atoms with Crippen molar-refractivity contribution in [1.29, 1.82) is 0 Å². The van der Waals surface area contributed by atoms with Crippen LogP contribution in [-0.2, 0) is 0 Å². The van der Waals surface area contributed by atoms with E-state index < -0.39 is 0 Å². The predicted octanol–water partition coefficient (Wildman–Crippen LogP) is 16.4. The Morgan fingerprint density at radius 1 is 0.259 bits per heavy atom. The maximum atomic E-state index is 6.47. The lowest BCUT2D eigenvalue weighted by Crippen LogP contribution is -2.10. The quantitative estimate of drug-likeness (QED) is 0.157. The molecular weight excluding hydrogens is 725 g/mol. The SMILES string of the molecule is c1ccc(N(c2ccccc2)c2ccc3sc4cc(N(c5ccc6c(c5)oc5ccccc56)c5ccc6c7ccccc7c7ccccc7c6c5)ccc4c3c2)cc1. The summed E-state index contributed by atoms with van der Waals surface area (Å²) in [5.41, 5.74) is 8.38. The second-order valence-electron chi connectivity index (χ2n) is 14.9. The van der Waals surface area contributed by atoms with E-state index in [2.05, 4.69) is 204 Å². The zero-order valence-corrected chi connectivity index (χ0v) is 32.2. The minimum absolute atomic E-state index is 0.873. The Morgan fingerprint density at radius 3 is 1.34 bits per heavy atom. The molecule has 12 aromatic rings. The van der Waals surface area contributed by atoms with Crippen molar-refractivity contribution >= 4 is 120 Å². The molecule has 0 amide bonds. The molecule has 0 aliphatic rings. The van der Waals surface area contributed by atoms with Gasteiger partial charge in [0.1, 0.15) is 11.2 Å². The average molecular weight is 759 g/mol. The van der Waals surface area contributed by atoms with E-state index in [0.29, 0.717) is 0 Å². The van der Waals surface area contributed by atoms with Gasteiger partial charge in [-0.2, -0.15) is 0 Å². The van der Waals surface area contributed by atoms with Gasteiger partial charge in [-0.15, -0.1) is 11.3 Å². The highest BCUT2D eigenvalue weighted by molar-refractivity contribution is 7.25. The Morgan fingerprint density at radius 2 is 0.690 bits per heavy atom. The number of para-hydroxylation sites is 3. The molecule has 2 heterocycles. The number of thiophene rings is 1. The second-order valence-corrected chi connectivity index (χ2v) is 16.0. The number of fused-ring (bicyclic) bond motifs is 12. The van der Waals surface area contributed by atoms with Gasteiger partial charge in [0.05, 0.1) is 0 Å². The first-order chi connectivity index (χ1) is 28.7. The molecule has 0 spiro atoms. The van der Waals surface area contributed by atoms with Gasteiger partial charge < -0.3 is 14.2 Å². The molecule has 0 aliphatic heterocycles. The molecule has 58 heavy (non-hydrogen) atoms. The van der Waals surface area contributed by atoms with Crippen LogP contribution in [0.3, 0.4) is 0 Å². The van der Waals surface area contributed by atoms with Crippen molar-refractivity contribution < 1.29 is 4.42 Å². The van der Waals surface area contributed by atoms with E-state index in [1.54, 1.807) is 0 Å². The Hall–Kier alpha value is -7.40. The molecule has 272 valence electrons. The molecular formula is C54H34N2OS. The van der Waals surface area contributed by atoms with Crippen LogP contribution in [0.2, 0.25) is 0 Å². The van der Waals surface area contributed by atoms with Crippen molar-refractivity contribution in [2.45, 2.75) is 0 Å². The van der Waals surface area contributed by atoms with Crippen LogP contribution in [0, 0.1) is 0 Å². The summed E-state index contributed by atoms with van der Waals surface area (Å²) in [5.74, 6) is 0. The Labute approximate surface area is 338 Å². The largest absolute Gasteiger partial charge is 0.456 e. The molecule has 4 heteroatoms. The van der Waals surface area contributed by atoms with Gasteiger partial charge in [0.15, 0.2) is 0 Å². The van der Waals surface area contributed by atoms with Crippen molar-refractivity contribution in [2.24, 2.45) is 0 Å². The number of nitrogens with zero attached hydrogens (tertiary/aromatic N) is 2. The number of anilines is 6. The normalized spacial score (nSPS) is 11.8. The third-order valence-corrected chi connectivity index (χ3v) is 12.7. The number of hydrogen-bond donors (Lipinski definition) is 0. The molecule has 12 rings (SSSR count). The predicted molar refractivity (Wildman–Crippen MR) is 248 cm³/mol. The first-order valence-corrected chi connectivity index (χ1v) is 20.5. The fraction of sp³-hybridized carbons (Fsp3) is 0. The zero-order valence-electron chi connectivity index (χ0n) is 31.3. The van der Waals surface area contributed by atoms with Crippen LogP contribution in [0.15, 0.2) is 211 Å². The van der Waals surface area contributed by atoms with Gasteiger partial charge in [-0.3, -0.25) is 0 Å². The highest BCUT2D eigenvalue weighted by atomic mass is 32.1. The van der Waals surface area contributed by atoms with E-state index in [4.69, 9.17) is 4.42 Å². The molecule has 0 fully saturated rings. The van der Waals surface area contributed by atoms with Gasteiger partial charge in [-0.25, -0.2) is 0 Å².